The standard InChI is InChI=1S/C14H19NO3/c15-12-7-6-11(14(16)17)8-13(12)18-9-10-4-2-1-3-5-10/h6-8,10H,1-5,9,15H2,(H,16,17). The molecular weight excluding hydrogens is 230 g/mol. The highest BCUT2D eigenvalue weighted by Crippen LogP contribution is 2.27. The van der Waals surface area contributed by atoms with E-state index >= 15 is 0 Å². The molecule has 3 N–H and O–H groups in total. The van der Waals surface area contributed by atoms with Crippen LogP contribution in [0.4, 0.5) is 5.69 Å². The number of benzene rings is 1. The summed E-state index contributed by atoms with van der Waals surface area (Å²) in [6, 6.07) is 4.57. The molecular formula is C14H19NO3. The maximum absolute atomic E-state index is 10.9. The zero-order valence-corrected chi connectivity index (χ0v) is 10.4. The van der Waals surface area contributed by atoms with Crippen LogP contribution in [0.15, 0.2) is 18.2 Å². The van der Waals surface area contributed by atoms with Gasteiger partial charge in [-0.05, 0) is 37.0 Å². The Kier molecular flexibility index (Phi) is 4.07. The average Bonchev–Trinajstić information content (AvgIpc) is 2.38. The number of carboxylic acid groups (broad SMARTS) is 1. The number of carboxylic acids is 1. The molecule has 2 rings (SSSR count). The molecule has 0 aromatic heterocycles. The second-order valence-corrected chi connectivity index (χ2v) is 4.87. The number of rotatable bonds is 4. The van der Waals surface area contributed by atoms with Crippen molar-refractivity contribution >= 4 is 11.7 Å². The summed E-state index contributed by atoms with van der Waals surface area (Å²) in [7, 11) is 0. The molecule has 0 amide bonds. The van der Waals surface area contributed by atoms with Crippen LogP contribution >= 0.6 is 0 Å². The monoisotopic (exact) mass is 249 g/mol. The van der Waals surface area contributed by atoms with E-state index in [0.29, 0.717) is 24.0 Å². The molecule has 1 aromatic rings. The van der Waals surface area contributed by atoms with E-state index < -0.39 is 5.97 Å². The molecule has 0 bridgehead atoms. The van der Waals surface area contributed by atoms with E-state index in [-0.39, 0.29) is 5.56 Å². The molecule has 1 aromatic carbocycles. The number of aromatic carboxylic acids is 1. The van der Waals surface area contributed by atoms with E-state index in [2.05, 4.69) is 0 Å². The van der Waals surface area contributed by atoms with Gasteiger partial charge in [-0.3, -0.25) is 0 Å². The first kappa shape index (κ1) is 12.7. The van der Waals surface area contributed by atoms with Crippen molar-refractivity contribution in [3.05, 3.63) is 23.8 Å². The fourth-order valence-electron chi connectivity index (χ4n) is 2.35. The molecule has 0 saturated heterocycles. The van der Waals surface area contributed by atoms with Crippen LogP contribution in [0, 0.1) is 5.92 Å². The molecule has 0 heterocycles. The average molecular weight is 249 g/mol. The summed E-state index contributed by atoms with van der Waals surface area (Å²) in [6.07, 6.45) is 6.22. The molecule has 0 radical (unpaired) electrons. The number of ether oxygens (including phenoxy) is 1. The van der Waals surface area contributed by atoms with Gasteiger partial charge in [-0.15, -0.1) is 0 Å². The summed E-state index contributed by atoms with van der Waals surface area (Å²) in [5.74, 6) is 0.102. The predicted octanol–water partition coefficient (Wildman–Crippen LogP) is 2.93. The van der Waals surface area contributed by atoms with Crippen molar-refractivity contribution in [2.45, 2.75) is 32.1 Å². The topological polar surface area (TPSA) is 72.6 Å². The quantitative estimate of drug-likeness (QED) is 0.805. The Morgan fingerprint density at radius 2 is 2.06 bits per heavy atom. The Hall–Kier alpha value is -1.71. The first-order valence-corrected chi connectivity index (χ1v) is 6.42. The van der Waals surface area contributed by atoms with Crippen LogP contribution < -0.4 is 10.5 Å². The Labute approximate surface area is 107 Å². The highest BCUT2D eigenvalue weighted by Gasteiger charge is 2.15. The predicted molar refractivity (Wildman–Crippen MR) is 69.9 cm³/mol. The molecule has 1 aliphatic rings. The number of carbonyl (C=O) groups is 1. The molecule has 0 aliphatic heterocycles. The minimum absolute atomic E-state index is 0.211. The lowest BCUT2D eigenvalue weighted by Crippen LogP contribution is -2.16. The maximum Gasteiger partial charge on any atom is 0.335 e. The van der Waals surface area contributed by atoms with Crippen molar-refractivity contribution in [2.24, 2.45) is 5.92 Å². The summed E-state index contributed by atoms with van der Waals surface area (Å²) in [4.78, 5) is 10.9. The van der Waals surface area contributed by atoms with E-state index in [9.17, 15) is 4.79 Å². The number of anilines is 1. The van der Waals surface area contributed by atoms with Gasteiger partial charge >= 0.3 is 5.97 Å². The van der Waals surface area contributed by atoms with Gasteiger partial charge in [0.25, 0.3) is 0 Å². The number of hydrogen-bond donors (Lipinski definition) is 2. The van der Waals surface area contributed by atoms with Crippen molar-refractivity contribution in [3.63, 3.8) is 0 Å². The highest BCUT2D eigenvalue weighted by atomic mass is 16.5. The maximum atomic E-state index is 10.9. The van der Waals surface area contributed by atoms with Crippen molar-refractivity contribution in [1.82, 2.24) is 0 Å². The van der Waals surface area contributed by atoms with E-state index in [4.69, 9.17) is 15.6 Å². The molecule has 1 aliphatic carbocycles. The van der Waals surface area contributed by atoms with Crippen LogP contribution in [0.25, 0.3) is 0 Å². The Morgan fingerprint density at radius 3 is 2.72 bits per heavy atom. The van der Waals surface area contributed by atoms with Crippen molar-refractivity contribution in [2.75, 3.05) is 12.3 Å². The van der Waals surface area contributed by atoms with Gasteiger partial charge in [0, 0.05) is 0 Å². The second-order valence-electron chi connectivity index (χ2n) is 4.87. The lowest BCUT2D eigenvalue weighted by atomic mass is 9.90. The minimum atomic E-state index is -0.961. The van der Waals surface area contributed by atoms with E-state index in [1.165, 1.54) is 44.2 Å². The number of nitrogen functional groups attached to an aromatic ring is 1. The Morgan fingerprint density at radius 1 is 1.33 bits per heavy atom. The molecule has 4 nitrogen and oxygen atoms in total. The van der Waals surface area contributed by atoms with Gasteiger partial charge in [-0.1, -0.05) is 19.3 Å². The molecule has 1 fully saturated rings. The molecule has 0 unspecified atom stereocenters. The summed E-state index contributed by atoms with van der Waals surface area (Å²) in [6.45, 7) is 0.632. The van der Waals surface area contributed by atoms with Crippen LogP contribution in [0.2, 0.25) is 0 Å². The van der Waals surface area contributed by atoms with Crippen LogP contribution in [-0.4, -0.2) is 17.7 Å². The van der Waals surface area contributed by atoms with Crippen LogP contribution in [0.3, 0.4) is 0 Å². The summed E-state index contributed by atoms with van der Waals surface area (Å²) in [5, 5.41) is 8.92. The molecule has 4 heteroatoms. The van der Waals surface area contributed by atoms with Gasteiger partial charge < -0.3 is 15.6 Å². The lowest BCUT2D eigenvalue weighted by Gasteiger charge is -2.22. The number of hydrogen-bond acceptors (Lipinski definition) is 3. The van der Waals surface area contributed by atoms with E-state index in [0.717, 1.165) is 0 Å². The van der Waals surface area contributed by atoms with Gasteiger partial charge in [0.2, 0.25) is 0 Å². The third kappa shape index (κ3) is 3.15. The number of nitrogens with two attached hydrogens (primary N) is 1. The van der Waals surface area contributed by atoms with Gasteiger partial charge in [0.05, 0.1) is 17.9 Å². The van der Waals surface area contributed by atoms with E-state index in [1.54, 1.807) is 6.07 Å². The fourth-order valence-corrected chi connectivity index (χ4v) is 2.35. The summed E-state index contributed by atoms with van der Waals surface area (Å²) < 4.78 is 5.68. The second kappa shape index (κ2) is 5.76. The van der Waals surface area contributed by atoms with Crippen molar-refractivity contribution in [1.29, 1.82) is 0 Å². The third-order valence-electron chi connectivity index (χ3n) is 3.46. The van der Waals surface area contributed by atoms with Crippen molar-refractivity contribution in [3.8, 4) is 5.75 Å². The smallest absolute Gasteiger partial charge is 0.335 e. The molecule has 0 spiro atoms. The molecule has 1 saturated carbocycles. The normalized spacial score (nSPS) is 16.4. The van der Waals surface area contributed by atoms with Gasteiger partial charge in [-0.25, -0.2) is 4.79 Å². The van der Waals surface area contributed by atoms with Gasteiger partial charge in [0.15, 0.2) is 0 Å². The van der Waals surface area contributed by atoms with Gasteiger partial charge in [-0.2, -0.15) is 0 Å². The minimum Gasteiger partial charge on any atom is -0.491 e. The first-order valence-electron chi connectivity index (χ1n) is 6.42. The zero-order chi connectivity index (χ0) is 13.0. The van der Waals surface area contributed by atoms with Crippen LogP contribution in [0.5, 0.6) is 5.75 Å². The molecule has 98 valence electrons. The van der Waals surface area contributed by atoms with Crippen molar-refractivity contribution < 1.29 is 14.6 Å². The highest BCUT2D eigenvalue weighted by molar-refractivity contribution is 5.89. The Bertz CT molecular complexity index is 425. The fraction of sp³-hybridized carbons (Fsp3) is 0.500. The van der Waals surface area contributed by atoms with Crippen LogP contribution in [0.1, 0.15) is 42.5 Å². The SMILES string of the molecule is Nc1ccc(C(=O)O)cc1OCC1CCCCC1. The summed E-state index contributed by atoms with van der Waals surface area (Å²) in [5.41, 5.74) is 6.49. The summed E-state index contributed by atoms with van der Waals surface area (Å²) >= 11 is 0. The zero-order valence-electron chi connectivity index (χ0n) is 10.4. The van der Waals surface area contributed by atoms with E-state index in [1.807, 2.05) is 0 Å². The third-order valence-corrected chi connectivity index (χ3v) is 3.46. The largest absolute Gasteiger partial charge is 0.491 e. The van der Waals surface area contributed by atoms with Crippen LogP contribution in [-0.2, 0) is 0 Å². The lowest BCUT2D eigenvalue weighted by molar-refractivity contribution is 0.0696. The Balaban J connectivity index is 1.99. The molecule has 18 heavy (non-hydrogen) atoms. The van der Waals surface area contributed by atoms with Gasteiger partial charge in [0.1, 0.15) is 5.75 Å². The molecule has 0 atom stereocenters. The first-order chi connectivity index (χ1) is 8.66.